The van der Waals surface area contributed by atoms with E-state index in [0.29, 0.717) is 30.4 Å². The topological polar surface area (TPSA) is 91.4 Å². The quantitative estimate of drug-likeness (QED) is 0.373. The minimum Gasteiger partial charge on any atom is -0.311 e. The maximum absolute atomic E-state index is 13.4. The lowest BCUT2D eigenvalue weighted by atomic mass is 10.0. The number of hydrogen-bond donors (Lipinski definition) is 3. The van der Waals surface area contributed by atoms with E-state index in [-0.39, 0.29) is 11.4 Å². The molecule has 0 unspecified atom stereocenters. The Morgan fingerprint density at radius 3 is 2.64 bits per heavy atom. The fourth-order valence-electron chi connectivity index (χ4n) is 2.89. The van der Waals surface area contributed by atoms with Crippen LogP contribution in [-0.4, -0.2) is 36.6 Å². The molecule has 0 bridgehead atoms. The molecule has 0 saturated carbocycles. The molecule has 7 nitrogen and oxygen atoms in total. The maximum atomic E-state index is 13.4. The molecule has 0 radical (unpaired) electrons. The first kappa shape index (κ1) is 20.5. The fourth-order valence-corrected chi connectivity index (χ4v) is 2.89. The molecule has 148 valence electrons. The number of nitrogens with zero attached hydrogens (tertiary/aromatic N) is 4. The summed E-state index contributed by atoms with van der Waals surface area (Å²) in [5.74, 6) is 0.808. The summed E-state index contributed by atoms with van der Waals surface area (Å²) in [4.78, 5) is 14.7. The normalized spacial score (nSPS) is 13.3. The van der Waals surface area contributed by atoms with E-state index in [2.05, 4.69) is 58.4 Å². The lowest BCUT2D eigenvalue weighted by molar-refractivity contribution is -0.137. The Balaban J connectivity index is 0.00000109. The third-order valence-corrected chi connectivity index (χ3v) is 4.06. The Bertz CT molecular complexity index is 929. The van der Waals surface area contributed by atoms with Gasteiger partial charge in [-0.1, -0.05) is 40.8 Å². The highest BCUT2D eigenvalue weighted by atomic mass is 127. The molecule has 1 aromatic carbocycles. The number of alkyl halides is 4. The van der Waals surface area contributed by atoms with Crippen LogP contribution in [0.4, 0.5) is 24.9 Å². The van der Waals surface area contributed by atoms with Gasteiger partial charge in [0.2, 0.25) is 5.95 Å². The molecule has 28 heavy (non-hydrogen) atoms. The van der Waals surface area contributed by atoms with E-state index < -0.39 is 11.7 Å². The molecule has 3 heterocycles. The van der Waals surface area contributed by atoms with Gasteiger partial charge in [0, 0.05) is 17.7 Å². The average Bonchev–Trinajstić information content (AvgIpc) is 3.22. The molecule has 0 atom stereocenters. The monoisotopic (exact) mass is 503 g/mol. The van der Waals surface area contributed by atoms with Crippen LogP contribution in [0.1, 0.15) is 16.8 Å². The van der Waals surface area contributed by atoms with Gasteiger partial charge in [-0.3, -0.25) is 0 Å². The van der Waals surface area contributed by atoms with Crippen LogP contribution in [0.15, 0.2) is 30.6 Å². The van der Waals surface area contributed by atoms with Gasteiger partial charge in [0.15, 0.2) is 5.82 Å². The summed E-state index contributed by atoms with van der Waals surface area (Å²) in [7, 11) is 0. The molecule has 0 aliphatic carbocycles. The van der Waals surface area contributed by atoms with Gasteiger partial charge in [-0.2, -0.15) is 23.3 Å². The molecule has 3 N–H and O–H groups in total. The van der Waals surface area contributed by atoms with E-state index in [9.17, 15) is 13.2 Å². The lowest BCUT2D eigenvalue weighted by Crippen LogP contribution is -2.26. The van der Waals surface area contributed by atoms with E-state index in [1.54, 1.807) is 0 Å². The third kappa shape index (κ3) is 4.41. The van der Waals surface area contributed by atoms with E-state index in [0.717, 1.165) is 18.2 Å². The predicted octanol–water partition coefficient (Wildman–Crippen LogP) is 3.72. The molecular formula is C17H17F3IN7. The van der Waals surface area contributed by atoms with Crippen molar-refractivity contribution in [3.8, 4) is 11.4 Å². The van der Waals surface area contributed by atoms with Gasteiger partial charge in [-0.15, -0.1) is 0 Å². The molecular weight excluding hydrogens is 486 g/mol. The number of halogens is 4. The SMILES string of the molecule is CI.FC(F)(F)c1ccccc1-c1nc2c(c(Nc3ncn[nH]3)n1)CCNC2. The zero-order valence-corrected chi connectivity index (χ0v) is 17.0. The Labute approximate surface area is 172 Å². The fraction of sp³-hybridized carbons (Fsp3) is 0.294. The molecule has 11 heteroatoms. The number of aromatic nitrogens is 5. The molecule has 0 fully saturated rings. The second-order valence-electron chi connectivity index (χ2n) is 5.75. The smallest absolute Gasteiger partial charge is 0.311 e. The van der Waals surface area contributed by atoms with E-state index in [1.807, 2.05) is 4.93 Å². The van der Waals surface area contributed by atoms with Crippen LogP contribution in [0.25, 0.3) is 11.4 Å². The van der Waals surface area contributed by atoms with Crippen molar-refractivity contribution in [1.29, 1.82) is 0 Å². The van der Waals surface area contributed by atoms with Gasteiger partial charge in [0.1, 0.15) is 12.1 Å². The highest BCUT2D eigenvalue weighted by Crippen LogP contribution is 2.37. The second-order valence-corrected chi connectivity index (χ2v) is 5.75. The van der Waals surface area contributed by atoms with Gasteiger partial charge in [0.25, 0.3) is 0 Å². The first-order valence-corrected chi connectivity index (χ1v) is 10.5. The van der Waals surface area contributed by atoms with Crippen molar-refractivity contribution in [1.82, 2.24) is 30.5 Å². The first-order chi connectivity index (χ1) is 13.5. The molecule has 2 aromatic heterocycles. The zero-order chi connectivity index (χ0) is 20.1. The molecule has 0 spiro atoms. The number of rotatable bonds is 3. The summed E-state index contributed by atoms with van der Waals surface area (Å²) in [6, 6.07) is 5.29. The van der Waals surface area contributed by atoms with Gasteiger partial charge in [0.05, 0.1) is 11.3 Å². The largest absolute Gasteiger partial charge is 0.417 e. The van der Waals surface area contributed by atoms with Crippen LogP contribution in [0.2, 0.25) is 0 Å². The number of H-pyrrole nitrogens is 1. The summed E-state index contributed by atoms with van der Waals surface area (Å²) in [5, 5.41) is 12.6. The van der Waals surface area contributed by atoms with Gasteiger partial charge < -0.3 is 10.6 Å². The molecule has 1 aliphatic heterocycles. The summed E-state index contributed by atoms with van der Waals surface area (Å²) in [6.07, 6.45) is -2.50. The van der Waals surface area contributed by atoms with E-state index in [4.69, 9.17) is 0 Å². The van der Waals surface area contributed by atoms with E-state index >= 15 is 0 Å². The first-order valence-electron chi connectivity index (χ1n) is 8.29. The summed E-state index contributed by atoms with van der Waals surface area (Å²) in [6.45, 7) is 1.20. The maximum Gasteiger partial charge on any atom is 0.417 e. The van der Waals surface area contributed by atoms with Gasteiger partial charge in [-0.25, -0.2) is 15.1 Å². The zero-order valence-electron chi connectivity index (χ0n) is 14.8. The molecule has 3 aromatic rings. The molecule has 0 saturated heterocycles. The highest BCUT2D eigenvalue weighted by molar-refractivity contribution is 14.1. The van der Waals surface area contributed by atoms with Crippen molar-refractivity contribution in [2.75, 3.05) is 16.8 Å². The molecule has 4 rings (SSSR count). The molecule has 1 aliphatic rings. The predicted molar refractivity (Wildman–Crippen MR) is 107 cm³/mol. The minimum absolute atomic E-state index is 0.0161. The van der Waals surface area contributed by atoms with Crippen LogP contribution in [0, 0.1) is 0 Å². The van der Waals surface area contributed by atoms with Crippen molar-refractivity contribution < 1.29 is 13.2 Å². The third-order valence-electron chi connectivity index (χ3n) is 4.06. The van der Waals surface area contributed by atoms with Crippen molar-refractivity contribution in [2.45, 2.75) is 19.1 Å². The standard InChI is InChI=1S/C16H14F3N7.CH3I/c17-16(18,19)11-4-2-1-3-9(11)13-23-12-7-20-6-5-10(12)14(24-13)25-15-21-8-22-26-15;1-2/h1-4,8,20H,5-7H2,(H2,21,22,23,24,25,26);1H3. The van der Waals surface area contributed by atoms with Gasteiger partial charge >= 0.3 is 6.18 Å². The Morgan fingerprint density at radius 1 is 1.14 bits per heavy atom. The highest BCUT2D eigenvalue weighted by Gasteiger charge is 2.34. The van der Waals surface area contributed by atoms with Crippen molar-refractivity contribution >= 4 is 34.4 Å². The minimum atomic E-state index is -4.49. The number of aromatic amines is 1. The number of benzene rings is 1. The second kappa shape index (κ2) is 8.82. The number of nitrogens with one attached hydrogen (secondary N) is 3. The number of anilines is 2. The Hall–Kier alpha value is -2.28. The van der Waals surface area contributed by atoms with Crippen molar-refractivity contribution in [3.05, 3.63) is 47.4 Å². The summed E-state index contributed by atoms with van der Waals surface area (Å²) < 4.78 is 40.1. The average molecular weight is 503 g/mol. The number of fused-ring (bicyclic) bond motifs is 1. The van der Waals surface area contributed by atoms with Crippen molar-refractivity contribution in [3.63, 3.8) is 0 Å². The lowest BCUT2D eigenvalue weighted by Gasteiger charge is -2.21. The number of hydrogen-bond acceptors (Lipinski definition) is 6. The summed E-state index contributed by atoms with van der Waals surface area (Å²) in [5.41, 5.74) is 0.692. The Kier molecular flexibility index (Phi) is 6.44. The molecule has 0 amide bonds. The van der Waals surface area contributed by atoms with Gasteiger partial charge in [-0.05, 0) is 24.0 Å². The van der Waals surface area contributed by atoms with Crippen LogP contribution in [0.3, 0.4) is 0 Å². The van der Waals surface area contributed by atoms with Crippen LogP contribution >= 0.6 is 22.6 Å². The van der Waals surface area contributed by atoms with Crippen molar-refractivity contribution in [2.24, 2.45) is 0 Å². The van der Waals surface area contributed by atoms with Crippen LogP contribution in [0.5, 0.6) is 0 Å². The van der Waals surface area contributed by atoms with E-state index in [1.165, 1.54) is 24.5 Å². The van der Waals surface area contributed by atoms with Crippen LogP contribution < -0.4 is 10.6 Å². The van der Waals surface area contributed by atoms with Crippen LogP contribution in [-0.2, 0) is 19.1 Å². The Morgan fingerprint density at radius 2 is 1.93 bits per heavy atom. The summed E-state index contributed by atoms with van der Waals surface area (Å²) >= 11 is 2.15.